The lowest BCUT2D eigenvalue weighted by Crippen LogP contribution is -2.32. The van der Waals surface area contributed by atoms with E-state index in [1.807, 2.05) is 42.5 Å². The van der Waals surface area contributed by atoms with Crippen LogP contribution in [-0.4, -0.2) is 27.4 Å². The van der Waals surface area contributed by atoms with Gasteiger partial charge < -0.3 is 20.4 Å². The van der Waals surface area contributed by atoms with Crippen LogP contribution in [0.25, 0.3) is 11.0 Å². The van der Waals surface area contributed by atoms with Gasteiger partial charge in [0.2, 0.25) is 11.8 Å². The summed E-state index contributed by atoms with van der Waals surface area (Å²) >= 11 is 0. The van der Waals surface area contributed by atoms with E-state index in [9.17, 15) is 4.79 Å². The molecule has 0 saturated heterocycles. The van der Waals surface area contributed by atoms with E-state index < -0.39 is 0 Å². The fraction of sp³-hybridized carbons (Fsp3) is 0.321. The minimum Gasteiger partial charge on any atom is -0.437 e. The standard InChI is InChI=1S/C28H33N5O2/c1-27(2,3)17-30-24(34)18-11-9-13-20-23(18)33-26(31-20)32-21-14-10-16-29-25(21)35-22-15-8-7-12-19(22)28(4,5)6/h7-16H,17H2,1-6H3,(H,30,34)(H2,31,32,33). The molecule has 7 heteroatoms. The summed E-state index contributed by atoms with van der Waals surface area (Å²) in [7, 11) is 0. The Bertz CT molecular complexity index is 1350. The molecule has 0 saturated carbocycles. The van der Waals surface area contributed by atoms with Crippen LogP contribution in [-0.2, 0) is 5.41 Å². The molecule has 0 fully saturated rings. The van der Waals surface area contributed by atoms with E-state index in [2.05, 4.69) is 73.2 Å². The molecule has 3 N–H and O–H groups in total. The van der Waals surface area contributed by atoms with Crippen molar-refractivity contribution in [3.05, 3.63) is 71.9 Å². The topological polar surface area (TPSA) is 91.9 Å². The predicted octanol–water partition coefficient (Wildman–Crippen LogP) is 6.57. The van der Waals surface area contributed by atoms with E-state index in [4.69, 9.17) is 4.74 Å². The Labute approximate surface area is 206 Å². The number of imidazole rings is 1. The highest BCUT2D eigenvalue weighted by Gasteiger charge is 2.21. The Morgan fingerprint density at radius 2 is 1.74 bits per heavy atom. The monoisotopic (exact) mass is 471 g/mol. The quantitative estimate of drug-likeness (QED) is 0.296. The number of carbonyl (C=O) groups is 1. The Morgan fingerprint density at radius 1 is 0.971 bits per heavy atom. The SMILES string of the molecule is CC(C)(C)CNC(=O)c1cccc2nc(Nc3cccnc3Oc3ccccc3C(C)(C)C)[nH]c12. The zero-order chi connectivity index (χ0) is 25.2. The van der Waals surface area contributed by atoms with E-state index in [1.165, 1.54) is 0 Å². The molecule has 7 nitrogen and oxygen atoms in total. The van der Waals surface area contributed by atoms with Crippen LogP contribution >= 0.6 is 0 Å². The normalized spacial score (nSPS) is 11.9. The van der Waals surface area contributed by atoms with Gasteiger partial charge in [-0.2, -0.15) is 0 Å². The summed E-state index contributed by atoms with van der Waals surface area (Å²) in [4.78, 5) is 25.2. The second-order valence-electron chi connectivity index (χ2n) is 10.9. The minimum atomic E-state index is -0.134. The number of hydrogen-bond acceptors (Lipinski definition) is 5. The van der Waals surface area contributed by atoms with Crippen LogP contribution < -0.4 is 15.4 Å². The van der Waals surface area contributed by atoms with Crippen molar-refractivity contribution in [2.45, 2.75) is 47.0 Å². The number of aromatic amines is 1. The lowest BCUT2D eigenvalue weighted by Gasteiger charge is -2.22. The largest absolute Gasteiger partial charge is 0.437 e. The van der Waals surface area contributed by atoms with Crippen LogP contribution in [0.15, 0.2) is 60.8 Å². The predicted molar refractivity (Wildman–Crippen MR) is 141 cm³/mol. The van der Waals surface area contributed by atoms with Crippen molar-refractivity contribution in [3.63, 3.8) is 0 Å². The number of nitrogens with one attached hydrogen (secondary N) is 3. The summed E-state index contributed by atoms with van der Waals surface area (Å²) in [6, 6.07) is 17.2. The molecule has 4 rings (SSSR count). The number of aromatic nitrogens is 3. The molecule has 0 unspecified atom stereocenters. The maximum atomic E-state index is 12.8. The van der Waals surface area contributed by atoms with Gasteiger partial charge in [0.15, 0.2) is 0 Å². The molecule has 1 amide bonds. The number of fused-ring (bicyclic) bond motifs is 1. The molecule has 0 aliphatic heterocycles. The molecule has 2 aromatic heterocycles. The van der Waals surface area contributed by atoms with Crippen molar-refractivity contribution in [1.82, 2.24) is 20.3 Å². The van der Waals surface area contributed by atoms with Gasteiger partial charge in [-0.1, -0.05) is 65.8 Å². The van der Waals surface area contributed by atoms with Gasteiger partial charge in [0, 0.05) is 18.3 Å². The summed E-state index contributed by atoms with van der Waals surface area (Å²) in [6.07, 6.45) is 1.69. The highest BCUT2D eigenvalue weighted by atomic mass is 16.5. The van der Waals surface area contributed by atoms with Crippen molar-refractivity contribution in [2.75, 3.05) is 11.9 Å². The maximum absolute atomic E-state index is 12.8. The van der Waals surface area contributed by atoms with Crippen LogP contribution in [0.3, 0.4) is 0 Å². The average Bonchev–Trinajstić information content (AvgIpc) is 3.20. The van der Waals surface area contributed by atoms with Crippen molar-refractivity contribution in [3.8, 4) is 11.6 Å². The first kappa shape index (κ1) is 24.3. The van der Waals surface area contributed by atoms with Crippen molar-refractivity contribution < 1.29 is 9.53 Å². The van der Waals surface area contributed by atoms with Crippen molar-refractivity contribution in [2.24, 2.45) is 5.41 Å². The third kappa shape index (κ3) is 5.80. The third-order valence-corrected chi connectivity index (χ3v) is 5.47. The van der Waals surface area contributed by atoms with Gasteiger partial charge in [0.25, 0.3) is 5.91 Å². The Morgan fingerprint density at radius 3 is 2.49 bits per heavy atom. The number of anilines is 2. The average molecular weight is 472 g/mol. The molecule has 2 aromatic carbocycles. The molecule has 35 heavy (non-hydrogen) atoms. The van der Waals surface area contributed by atoms with Gasteiger partial charge in [-0.25, -0.2) is 9.97 Å². The van der Waals surface area contributed by atoms with Crippen LogP contribution in [0.1, 0.15) is 57.5 Å². The second kappa shape index (κ2) is 9.41. The number of rotatable bonds is 6. The number of amides is 1. The van der Waals surface area contributed by atoms with Gasteiger partial charge in [-0.15, -0.1) is 0 Å². The molecule has 0 atom stereocenters. The number of benzene rings is 2. The van der Waals surface area contributed by atoms with Gasteiger partial charge in [-0.3, -0.25) is 4.79 Å². The van der Waals surface area contributed by atoms with Crippen LogP contribution in [0.4, 0.5) is 11.6 Å². The molecule has 0 aliphatic rings. The lowest BCUT2D eigenvalue weighted by molar-refractivity contribution is 0.0941. The van der Waals surface area contributed by atoms with E-state index in [1.54, 1.807) is 12.3 Å². The fourth-order valence-corrected chi connectivity index (χ4v) is 3.69. The molecule has 0 bridgehead atoms. The minimum absolute atomic E-state index is 0.00737. The summed E-state index contributed by atoms with van der Waals surface area (Å²) in [5, 5.41) is 6.28. The zero-order valence-electron chi connectivity index (χ0n) is 21.2. The highest BCUT2D eigenvalue weighted by Crippen LogP contribution is 2.36. The van der Waals surface area contributed by atoms with Gasteiger partial charge in [-0.05, 0) is 41.2 Å². The number of para-hydroxylation sites is 2. The van der Waals surface area contributed by atoms with Gasteiger partial charge in [0.05, 0.1) is 16.6 Å². The van der Waals surface area contributed by atoms with Crippen molar-refractivity contribution in [1.29, 1.82) is 0 Å². The first-order valence-electron chi connectivity index (χ1n) is 11.8. The Hall–Kier alpha value is -3.87. The number of carbonyl (C=O) groups excluding carboxylic acids is 1. The van der Waals surface area contributed by atoms with E-state index in [0.717, 1.165) is 11.3 Å². The molecular formula is C28H33N5O2. The zero-order valence-corrected chi connectivity index (χ0v) is 21.2. The molecule has 4 aromatic rings. The first-order chi connectivity index (χ1) is 16.5. The van der Waals surface area contributed by atoms with E-state index in [-0.39, 0.29) is 16.7 Å². The summed E-state index contributed by atoms with van der Waals surface area (Å²) < 4.78 is 6.26. The Balaban J connectivity index is 1.61. The number of pyridine rings is 1. The van der Waals surface area contributed by atoms with Crippen molar-refractivity contribution >= 4 is 28.6 Å². The Kier molecular flexibility index (Phi) is 6.52. The second-order valence-corrected chi connectivity index (χ2v) is 10.9. The molecule has 2 heterocycles. The number of ether oxygens (including phenoxy) is 1. The van der Waals surface area contributed by atoms with Crippen LogP contribution in [0.5, 0.6) is 11.6 Å². The number of nitrogens with zero attached hydrogens (tertiary/aromatic N) is 2. The first-order valence-corrected chi connectivity index (χ1v) is 11.8. The molecule has 182 valence electrons. The molecule has 0 radical (unpaired) electrons. The summed E-state index contributed by atoms with van der Waals surface area (Å²) in [5.74, 6) is 1.56. The smallest absolute Gasteiger partial charge is 0.253 e. The number of hydrogen-bond donors (Lipinski definition) is 3. The molecular weight excluding hydrogens is 438 g/mol. The molecule has 0 spiro atoms. The summed E-state index contributed by atoms with van der Waals surface area (Å²) in [5.41, 5.74) is 3.58. The highest BCUT2D eigenvalue weighted by molar-refractivity contribution is 6.05. The van der Waals surface area contributed by atoms with E-state index in [0.29, 0.717) is 40.7 Å². The number of H-pyrrole nitrogens is 1. The summed E-state index contributed by atoms with van der Waals surface area (Å²) in [6.45, 7) is 13.3. The lowest BCUT2D eigenvalue weighted by atomic mass is 9.86. The van der Waals surface area contributed by atoms with E-state index >= 15 is 0 Å². The van der Waals surface area contributed by atoms with Crippen LogP contribution in [0, 0.1) is 5.41 Å². The van der Waals surface area contributed by atoms with Crippen LogP contribution in [0.2, 0.25) is 0 Å². The fourth-order valence-electron chi connectivity index (χ4n) is 3.69. The maximum Gasteiger partial charge on any atom is 0.253 e. The molecule has 0 aliphatic carbocycles. The third-order valence-electron chi connectivity index (χ3n) is 5.47. The van der Waals surface area contributed by atoms with Gasteiger partial charge >= 0.3 is 0 Å². The van der Waals surface area contributed by atoms with Gasteiger partial charge in [0.1, 0.15) is 11.4 Å².